The summed E-state index contributed by atoms with van der Waals surface area (Å²) in [5.41, 5.74) is 7.85. The minimum absolute atomic E-state index is 0.238. The number of hydrogen-bond acceptors (Lipinski definition) is 4. The van der Waals surface area contributed by atoms with Crippen LogP contribution >= 0.6 is 0 Å². The first-order valence-corrected chi connectivity index (χ1v) is 6.02. The summed E-state index contributed by atoms with van der Waals surface area (Å²) >= 11 is 0. The number of aliphatic hydroxyl groups is 1. The van der Waals surface area contributed by atoms with Crippen molar-refractivity contribution in [1.82, 2.24) is 15.0 Å². The lowest BCUT2D eigenvalue weighted by Gasteiger charge is -2.14. The van der Waals surface area contributed by atoms with Crippen molar-refractivity contribution in [2.45, 2.75) is 51.1 Å². The number of aliphatic hydroxyl groups excluding tert-OH is 1. The maximum atomic E-state index is 8.84. The SMILES string of the molecule is CC(CCCO)n1nnc(CN)c1C1CC1. The zero-order valence-corrected chi connectivity index (χ0v) is 9.76. The van der Waals surface area contributed by atoms with E-state index >= 15 is 0 Å². The molecule has 1 fully saturated rings. The fourth-order valence-electron chi connectivity index (χ4n) is 2.09. The Labute approximate surface area is 95.6 Å². The second-order valence-corrected chi connectivity index (χ2v) is 4.56. The largest absolute Gasteiger partial charge is 0.396 e. The maximum absolute atomic E-state index is 8.84. The summed E-state index contributed by atoms with van der Waals surface area (Å²) in [6.45, 7) is 2.83. The van der Waals surface area contributed by atoms with Gasteiger partial charge < -0.3 is 10.8 Å². The summed E-state index contributed by atoms with van der Waals surface area (Å²) in [6.07, 6.45) is 4.20. The van der Waals surface area contributed by atoms with Crippen LogP contribution in [0.25, 0.3) is 0 Å². The molecule has 1 saturated carbocycles. The Balaban J connectivity index is 2.15. The maximum Gasteiger partial charge on any atom is 0.0997 e. The molecule has 1 unspecified atom stereocenters. The normalized spacial score (nSPS) is 17.7. The predicted molar refractivity (Wildman–Crippen MR) is 60.9 cm³/mol. The minimum Gasteiger partial charge on any atom is -0.396 e. The topological polar surface area (TPSA) is 77.0 Å². The molecule has 0 bridgehead atoms. The van der Waals surface area contributed by atoms with Gasteiger partial charge in [0, 0.05) is 19.1 Å². The molecule has 2 rings (SSSR count). The van der Waals surface area contributed by atoms with Gasteiger partial charge in [0.1, 0.15) is 0 Å². The number of nitrogens with two attached hydrogens (primary N) is 1. The van der Waals surface area contributed by atoms with Gasteiger partial charge in [0.2, 0.25) is 0 Å². The van der Waals surface area contributed by atoms with Crippen molar-refractivity contribution in [3.63, 3.8) is 0 Å². The lowest BCUT2D eigenvalue weighted by molar-refractivity contribution is 0.269. The Morgan fingerprint density at radius 2 is 2.31 bits per heavy atom. The first-order valence-electron chi connectivity index (χ1n) is 6.02. The Bertz CT molecular complexity index is 346. The molecule has 0 aromatic carbocycles. The molecule has 3 N–H and O–H groups in total. The standard InChI is InChI=1S/C11H20N4O/c1-8(3-2-6-16)15-11(9-4-5-9)10(7-12)13-14-15/h8-9,16H,2-7,12H2,1H3. The van der Waals surface area contributed by atoms with Crippen molar-refractivity contribution in [2.24, 2.45) is 5.73 Å². The summed E-state index contributed by atoms with van der Waals surface area (Å²) < 4.78 is 2.01. The lowest BCUT2D eigenvalue weighted by Crippen LogP contribution is -2.12. The van der Waals surface area contributed by atoms with E-state index < -0.39 is 0 Å². The molecule has 1 aliphatic carbocycles. The van der Waals surface area contributed by atoms with E-state index in [1.807, 2.05) is 4.68 Å². The van der Waals surface area contributed by atoms with E-state index in [2.05, 4.69) is 17.2 Å². The van der Waals surface area contributed by atoms with Gasteiger partial charge >= 0.3 is 0 Å². The third kappa shape index (κ3) is 2.25. The van der Waals surface area contributed by atoms with Crippen molar-refractivity contribution in [3.8, 4) is 0 Å². The predicted octanol–water partition coefficient (Wildman–Crippen LogP) is 0.948. The van der Waals surface area contributed by atoms with Crippen molar-refractivity contribution < 1.29 is 5.11 Å². The van der Waals surface area contributed by atoms with Gasteiger partial charge in [0.15, 0.2) is 0 Å². The van der Waals surface area contributed by atoms with Crippen molar-refractivity contribution in [1.29, 1.82) is 0 Å². The van der Waals surface area contributed by atoms with Crippen LogP contribution in [0.2, 0.25) is 0 Å². The summed E-state index contributed by atoms with van der Waals surface area (Å²) in [5.74, 6) is 0.616. The second kappa shape index (κ2) is 4.93. The fraction of sp³-hybridized carbons (Fsp3) is 0.818. The van der Waals surface area contributed by atoms with E-state index in [1.165, 1.54) is 18.5 Å². The van der Waals surface area contributed by atoms with Gasteiger partial charge in [-0.15, -0.1) is 5.10 Å². The van der Waals surface area contributed by atoms with Crippen molar-refractivity contribution in [3.05, 3.63) is 11.4 Å². The molecule has 5 nitrogen and oxygen atoms in total. The summed E-state index contributed by atoms with van der Waals surface area (Å²) in [7, 11) is 0. The summed E-state index contributed by atoms with van der Waals surface area (Å²) in [5, 5.41) is 17.2. The van der Waals surface area contributed by atoms with E-state index in [9.17, 15) is 0 Å². The zero-order chi connectivity index (χ0) is 11.5. The molecular formula is C11H20N4O. The van der Waals surface area contributed by atoms with Crippen LogP contribution in [-0.4, -0.2) is 26.7 Å². The Kier molecular flexibility index (Phi) is 3.56. The number of aromatic nitrogens is 3. The average molecular weight is 224 g/mol. The molecule has 1 atom stereocenters. The highest BCUT2D eigenvalue weighted by Crippen LogP contribution is 2.42. The molecule has 16 heavy (non-hydrogen) atoms. The van der Waals surface area contributed by atoms with Crippen molar-refractivity contribution in [2.75, 3.05) is 6.61 Å². The molecular weight excluding hydrogens is 204 g/mol. The van der Waals surface area contributed by atoms with E-state index in [4.69, 9.17) is 10.8 Å². The van der Waals surface area contributed by atoms with Gasteiger partial charge in [-0.25, -0.2) is 4.68 Å². The highest BCUT2D eigenvalue weighted by atomic mass is 16.2. The van der Waals surface area contributed by atoms with Gasteiger partial charge in [0.25, 0.3) is 0 Å². The molecule has 1 heterocycles. The molecule has 1 aliphatic rings. The van der Waals surface area contributed by atoms with Gasteiger partial charge in [-0.2, -0.15) is 0 Å². The number of hydrogen-bond donors (Lipinski definition) is 2. The molecule has 5 heteroatoms. The molecule has 0 aliphatic heterocycles. The molecule has 0 spiro atoms. The fourth-order valence-corrected chi connectivity index (χ4v) is 2.09. The molecule has 90 valence electrons. The van der Waals surface area contributed by atoms with Crippen LogP contribution < -0.4 is 5.73 Å². The quantitative estimate of drug-likeness (QED) is 0.754. The Hall–Kier alpha value is -0.940. The van der Waals surface area contributed by atoms with E-state index in [0.717, 1.165) is 18.5 Å². The van der Waals surface area contributed by atoms with Crippen LogP contribution in [-0.2, 0) is 6.54 Å². The van der Waals surface area contributed by atoms with Crippen LogP contribution in [0.4, 0.5) is 0 Å². The summed E-state index contributed by atoms with van der Waals surface area (Å²) in [6, 6.07) is 0.301. The van der Waals surface area contributed by atoms with Crippen LogP contribution in [0.3, 0.4) is 0 Å². The van der Waals surface area contributed by atoms with Crippen molar-refractivity contribution >= 4 is 0 Å². The third-order valence-corrected chi connectivity index (χ3v) is 3.16. The minimum atomic E-state index is 0.238. The van der Waals surface area contributed by atoms with Gasteiger partial charge in [-0.05, 0) is 32.6 Å². The molecule has 0 radical (unpaired) electrons. The van der Waals surface area contributed by atoms with E-state index in [1.54, 1.807) is 0 Å². The van der Waals surface area contributed by atoms with Crippen LogP contribution in [0, 0.1) is 0 Å². The highest BCUT2D eigenvalue weighted by molar-refractivity contribution is 5.20. The smallest absolute Gasteiger partial charge is 0.0997 e. The molecule has 1 aromatic heterocycles. The Morgan fingerprint density at radius 3 is 2.88 bits per heavy atom. The first-order chi connectivity index (χ1) is 7.77. The van der Waals surface area contributed by atoms with Gasteiger partial charge in [-0.1, -0.05) is 5.21 Å². The van der Waals surface area contributed by atoms with Gasteiger partial charge in [0.05, 0.1) is 17.4 Å². The second-order valence-electron chi connectivity index (χ2n) is 4.56. The number of nitrogens with zero attached hydrogens (tertiary/aromatic N) is 3. The lowest BCUT2D eigenvalue weighted by atomic mass is 10.1. The number of rotatable bonds is 6. The van der Waals surface area contributed by atoms with Gasteiger partial charge in [-0.3, -0.25) is 0 Å². The molecule has 1 aromatic rings. The van der Waals surface area contributed by atoms with Crippen LogP contribution in [0.5, 0.6) is 0 Å². The zero-order valence-electron chi connectivity index (χ0n) is 9.76. The molecule has 0 amide bonds. The van der Waals surface area contributed by atoms with Crippen LogP contribution in [0.1, 0.15) is 56.0 Å². The third-order valence-electron chi connectivity index (χ3n) is 3.16. The van der Waals surface area contributed by atoms with Crippen LogP contribution in [0.15, 0.2) is 0 Å². The average Bonchev–Trinajstić information content (AvgIpc) is 3.05. The molecule has 0 saturated heterocycles. The highest BCUT2D eigenvalue weighted by Gasteiger charge is 2.31. The first kappa shape index (κ1) is 11.5. The Morgan fingerprint density at radius 1 is 1.56 bits per heavy atom. The monoisotopic (exact) mass is 224 g/mol. The van der Waals surface area contributed by atoms with E-state index in [-0.39, 0.29) is 6.61 Å². The summed E-state index contributed by atoms with van der Waals surface area (Å²) in [4.78, 5) is 0. The van der Waals surface area contributed by atoms with E-state index in [0.29, 0.717) is 18.5 Å².